The van der Waals surface area contributed by atoms with E-state index in [1.807, 2.05) is 24.3 Å². The number of rotatable bonds is 14. The molecule has 0 saturated heterocycles. The van der Waals surface area contributed by atoms with Crippen LogP contribution in [0.2, 0.25) is 0 Å². The van der Waals surface area contributed by atoms with Gasteiger partial charge >= 0.3 is 11.9 Å². The van der Waals surface area contributed by atoms with E-state index < -0.39 is 30.3 Å². The predicted molar refractivity (Wildman–Crippen MR) is 140 cm³/mol. The number of carbonyl (C=O) groups is 2. The van der Waals surface area contributed by atoms with Crippen LogP contribution in [0.1, 0.15) is 82.5 Å². The fourth-order valence-electron chi connectivity index (χ4n) is 4.74. The molecule has 200 valence electrons. The van der Waals surface area contributed by atoms with Gasteiger partial charge in [-0.05, 0) is 49.7 Å². The summed E-state index contributed by atoms with van der Waals surface area (Å²) < 4.78 is 25.6. The Hall–Kier alpha value is -2.47. The third-order valence-electron chi connectivity index (χ3n) is 7.01. The quantitative estimate of drug-likeness (QED) is 0.229. The maximum absolute atomic E-state index is 15.2. The Morgan fingerprint density at radius 1 is 1.19 bits per heavy atom. The summed E-state index contributed by atoms with van der Waals surface area (Å²) in [5.41, 5.74) is 0.613. The molecule has 36 heavy (non-hydrogen) atoms. The maximum Gasteiger partial charge on any atom is 0.338 e. The van der Waals surface area contributed by atoms with E-state index in [0.29, 0.717) is 18.4 Å². The van der Waals surface area contributed by atoms with Gasteiger partial charge < -0.3 is 14.6 Å². The van der Waals surface area contributed by atoms with Gasteiger partial charge in [-0.25, -0.2) is 14.0 Å². The molecule has 1 N–H and O–H groups in total. The molecule has 6 heteroatoms. The number of esters is 2. The molecule has 1 aromatic rings. The summed E-state index contributed by atoms with van der Waals surface area (Å²) in [6, 6.07) is 8.77. The topological polar surface area (TPSA) is 72.8 Å². The van der Waals surface area contributed by atoms with Crippen molar-refractivity contribution in [2.24, 2.45) is 17.3 Å². The average Bonchev–Trinajstić information content (AvgIpc) is 3.15. The number of carbonyl (C=O) groups excluding carboxylic acids is 2. The lowest BCUT2D eigenvalue weighted by Crippen LogP contribution is -2.25. The fraction of sp³-hybridized carbons (Fsp3) is 0.600. The van der Waals surface area contributed by atoms with Crippen LogP contribution in [-0.2, 0) is 14.3 Å². The average molecular weight is 503 g/mol. The van der Waals surface area contributed by atoms with Crippen molar-refractivity contribution in [2.75, 3.05) is 7.11 Å². The van der Waals surface area contributed by atoms with Crippen molar-refractivity contribution in [3.05, 3.63) is 60.2 Å². The standard InChI is InChI=1S/C30H43FO5/c1-5-6-19-30(2,3)20-13-17-23-24(16-11-8-12-18-26(32)29(34)35-4)27(21-25(23)31)36-28(33)22-14-9-7-10-15-22/h7-11,13-15,17,23-27,32H,5-6,12,16,18-21H2,1-4H3/b11-8-,17-13+/t23-,24-,25-,26?,27+/m1/s1. The number of aliphatic hydroxyl groups is 1. The first kappa shape index (κ1) is 29.8. The highest BCUT2D eigenvalue weighted by Crippen LogP contribution is 2.41. The molecule has 1 unspecified atom stereocenters. The molecule has 0 aliphatic heterocycles. The minimum Gasteiger partial charge on any atom is -0.467 e. The van der Waals surface area contributed by atoms with Crippen molar-refractivity contribution in [1.82, 2.24) is 0 Å². The first-order valence-corrected chi connectivity index (χ1v) is 13.2. The molecule has 0 spiro atoms. The van der Waals surface area contributed by atoms with Crippen molar-refractivity contribution in [3.8, 4) is 0 Å². The largest absolute Gasteiger partial charge is 0.467 e. The van der Waals surface area contributed by atoms with Gasteiger partial charge in [-0.1, -0.05) is 76.1 Å². The van der Waals surface area contributed by atoms with Gasteiger partial charge in [-0.3, -0.25) is 0 Å². The summed E-state index contributed by atoms with van der Waals surface area (Å²) >= 11 is 0. The first-order valence-electron chi connectivity index (χ1n) is 13.2. The Morgan fingerprint density at radius 2 is 1.92 bits per heavy atom. The molecular formula is C30H43FO5. The molecule has 0 amide bonds. The van der Waals surface area contributed by atoms with Crippen LogP contribution in [0.4, 0.5) is 4.39 Å². The third kappa shape index (κ3) is 9.53. The molecule has 2 rings (SSSR count). The van der Waals surface area contributed by atoms with Crippen molar-refractivity contribution in [1.29, 1.82) is 0 Å². The molecule has 1 aromatic carbocycles. The Balaban J connectivity index is 2.08. The van der Waals surface area contributed by atoms with Crippen LogP contribution in [0.25, 0.3) is 0 Å². The number of aliphatic hydroxyl groups excluding tert-OH is 1. The molecule has 1 saturated carbocycles. The number of benzene rings is 1. The number of allylic oxidation sites excluding steroid dienone is 4. The number of hydrogen-bond acceptors (Lipinski definition) is 5. The Morgan fingerprint density at radius 3 is 2.58 bits per heavy atom. The second-order valence-electron chi connectivity index (χ2n) is 10.5. The maximum atomic E-state index is 15.2. The Bertz CT molecular complexity index is 863. The summed E-state index contributed by atoms with van der Waals surface area (Å²) in [7, 11) is 1.24. The van der Waals surface area contributed by atoms with Gasteiger partial charge in [0.05, 0.1) is 12.7 Å². The molecule has 5 atom stereocenters. The van der Waals surface area contributed by atoms with Gasteiger partial charge in [0.2, 0.25) is 0 Å². The van der Waals surface area contributed by atoms with E-state index in [-0.39, 0.29) is 30.1 Å². The Kier molecular flexibility index (Phi) is 12.3. The fourth-order valence-corrected chi connectivity index (χ4v) is 4.74. The molecule has 0 aromatic heterocycles. The summed E-state index contributed by atoms with van der Waals surface area (Å²) in [5.74, 6) is -1.62. The molecular weight excluding hydrogens is 459 g/mol. The molecule has 5 nitrogen and oxygen atoms in total. The molecule has 0 bridgehead atoms. The molecule has 0 heterocycles. The van der Waals surface area contributed by atoms with E-state index in [4.69, 9.17) is 4.74 Å². The third-order valence-corrected chi connectivity index (χ3v) is 7.01. The van der Waals surface area contributed by atoms with Crippen molar-refractivity contribution < 1.29 is 28.6 Å². The van der Waals surface area contributed by atoms with Crippen molar-refractivity contribution in [2.45, 2.75) is 90.5 Å². The van der Waals surface area contributed by atoms with Crippen LogP contribution in [0.15, 0.2) is 54.6 Å². The second-order valence-corrected chi connectivity index (χ2v) is 10.5. The van der Waals surface area contributed by atoms with Gasteiger partial charge in [-0.2, -0.15) is 0 Å². The van der Waals surface area contributed by atoms with Gasteiger partial charge in [0.25, 0.3) is 0 Å². The van der Waals surface area contributed by atoms with Crippen molar-refractivity contribution >= 4 is 11.9 Å². The zero-order valence-electron chi connectivity index (χ0n) is 22.2. The Labute approximate surface area is 215 Å². The lowest BCUT2D eigenvalue weighted by atomic mass is 9.83. The monoisotopic (exact) mass is 502 g/mol. The molecule has 1 aliphatic carbocycles. The lowest BCUT2D eigenvalue weighted by Gasteiger charge is -2.24. The van der Waals surface area contributed by atoms with E-state index in [1.165, 1.54) is 13.5 Å². The molecule has 0 radical (unpaired) electrons. The van der Waals surface area contributed by atoms with Crippen LogP contribution in [0.5, 0.6) is 0 Å². The number of ether oxygens (including phenoxy) is 2. The van der Waals surface area contributed by atoms with E-state index in [0.717, 1.165) is 19.3 Å². The normalized spacial score (nSPS) is 23.3. The van der Waals surface area contributed by atoms with E-state index >= 15 is 4.39 Å². The minimum absolute atomic E-state index is 0.159. The molecule has 1 fully saturated rings. The second kappa shape index (κ2) is 14.9. The van der Waals surface area contributed by atoms with Gasteiger partial charge in [0, 0.05) is 18.3 Å². The van der Waals surface area contributed by atoms with E-state index in [1.54, 1.807) is 24.3 Å². The summed E-state index contributed by atoms with van der Waals surface area (Å²) in [6.45, 7) is 6.66. The minimum atomic E-state index is -1.16. The van der Waals surface area contributed by atoms with Gasteiger partial charge in [0.15, 0.2) is 6.10 Å². The van der Waals surface area contributed by atoms with Gasteiger partial charge in [0.1, 0.15) is 12.3 Å². The van der Waals surface area contributed by atoms with Crippen molar-refractivity contribution in [3.63, 3.8) is 0 Å². The number of halogens is 1. The lowest BCUT2D eigenvalue weighted by molar-refractivity contribution is -0.150. The number of methoxy groups -OCH3 is 1. The highest BCUT2D eigenvalue weighted by atomic mass is 19.1. The summed E-state index contributed by atoms with van der Waals surface area (Å²) in [6.07, 6.45) is 10.9. The van der Waals surface area contributed by atoms with Crippen LogP contribution < -0.4 is 0 Å². The highest BCUT2D eigenvalue weighted by molar-refractivity contribution is 5.89. The number of alkyl halides is 1. The molecule has 1 aliphatic rings. The van der Waals surface area contributed by atoms with Crippen LogP contribution in [0, 0.1) is 17.3 Å². The SMILES string of the molecule is CCCCC(C)(C)C/C=C/[C@@H]1[C@@H](C/C=C\CCC(O)C(=O)OC)[C@@H](OC(=O)c2ccccc2)C[C@H]1F. The van der Waals surface area contributed by atoms with Crippen LogP contribution in [0.3, 0.4) is 0 Å². The summed E-state index contributed by atoms with van der Waals surface area (Å²) in [5, 5.41) is 9.75. The van der Waals surface area contributed by atoms with Gasteiger partial charge in [-0.15, -0.1) is 0 Å². The first-order chi connectivity index (χ1) is 17.2. The number of unbranched alkanes of at least 4 members (excludes halogenated alkanes) is 1. The zero-order valence-corrected chi connectivity index (χ0v) is 22.2. The van der Waals surface area contributed by atoms with Crippen LogP contribution >= 0.6 is 0 Å². The predicted octanol–water partition coefficient (Wildman–Crippen LogP) is 6.61. The highest BCUT2D eigenvalue weighted by Gasteiger charge is 2.44. The smallest absolute Gasteiger partial charge is 0.338 e. The van der Waals surface area contributed by atoms with E-state index in [9.17, 15) is 14.7 Å². The van der Waals surface area contributed by atoms with Crippen LogP contribution in [-0.4, -0.2) is 42.5 Å². The number of hydrogen-bond donors (Lipinski definition) is 1. The summed E-state index contributed by atoms with van der Waals surface area (Å²) in [4.78, 5) is 24.1. The zero-order chi connectivity index (χ0) is 26.6. The van der Waals surface area contributed by atoms with E-state index in [2.05, 4.69) is 31.6 Å².